The lowest BCUT2D eigenvalue weighted by Crippen LogP contribution is -2.20. The van der Waals surface area contributed by atoms with Gasteiger partial charge < -0.3 is 28.4 Å². The number of carbonyl (C=O) groups excluding carboxylic acids is 1. The van der Waals surface area contributed by atoms with Crippen molar-refractivity contribution in [3.8, 4) is 28.7 Å². The van der Waals surface area contributed by atoms with Gasteiger partial charge in [-0.2, -0.15) is 0 Å². The SMILES string of the molecule is COc1cc(C[C@@H]2C(=O)OC[C@H]2Cc2ccc3c(c2)OCO3)cc2c1OCO2. The molecule has 1 saturated heterocycles. The van der Waals surface area contributed by atoms with Crippen LogP contribution in [0.25, 0.3) is 0 Å². The predicted molar refractivity (Wildman–Crippen MR) is 97.0 cm³/mol. The molecular formula is C21H20O7. The summed E-state index contributed by atoms with van der Waals surface area (Å²) in [6.07, 6.45) is 1.29. The van der Waals surface area contributed by atoms with Gasteiger partial charge in [0.05, 0.1) is 19.6 Å². The van der Waals surface area contributed by atoms with Crippen LogP contribution < -0.4 is 23.7 Å². The van der Waals surface area contributed by atoms with Crippen LogP contribution >= 0.6 is 0 Å². The molecule has 0 radical (unpaired) electrons. The van der Waals surface area contributed by atoms with Crippen molar-refractivity contribution in [1.29, 1.82) is 0 Å². The highest BCUT2D eigenvalue weighted by molar-refractivity contribution is 5.75. The van der Waals surface area contributed by atoms with Crippen molar-refractivity contribution in [2.45, 2.75) is 12.8 Å². The number of hydrogen-bond donors (Lipinski definition) is 0. The van der Waals surface area contributed by atoms with E-state index in [4.69, 9.17) is 28.4 Å². The highest BCUT2D eigenvalue weighted by Crippen LogP contribution is 2.43. The van der Waals surface area contributed by atoms with E-state index in [1.54, 1.807) is 7.11 Å². The quantitative estimate of drug-likeness (QED) is 0.734. The molecule has 2 aromatic carbocycles. The number of ether oxygens (including phenoxy) is 6. The van der Waals surface area contributed by atoms with Crippen LogP contribution in [0.5, 0.6) is 28.7 Å². The zero-order chi connectivity index (χ0) is 19.1. The Morgan fingerprint density at radius 2 is 1.68 bits per heavy atom. The molecule has 7 heteroatoms. The van der Waals surface area contributed by atoms with E-state index < -0.39 is 0 Å². The first-order valence-corrected chi connectivity index (χ1v) is 9.23. The number of cyclic esters (lactones) is 1. The number of carbonyl (C=O) groups is 1. The van der Waals surface area contributed by atoms with Crippen molar-refractivity contribution < 1.29 is 33.2 Å². The fraction of sp³-hybridized carbons (Fsp3) is 0.381. The molecule has 0 N–H and O–H groups in total. The van der Waals surface area contributed by atoms with Crippen LogP contribution in [0.1, 0.15) is 11.1 Å². The van der Waals surface area contributed by atoms with Gasteiger partial charge in [-0.3, -0.25) is 4.79 Å². The molecule has 1 fully saturated rings. The van der Waals surface area contributed by atoms with E-state index in [0.717, 1.165) is 29.0 Å². The molecular weight excluding hydrogens is 364 g/mol. The second-order valence-corrected chi connectivity index (χ2v) is 7.12. The Hall–Kier alpha value is -3.09. The maximum Gasteiger partial charge on any atom is 0.309 e. The smallest absolute Gasteiger partial charge is 0.309 e. The molecule has 5 rings (SSSR count). The molecule has 3 aliphatic rings. The van der Waals surface area contributed by atoms with Gasteiger partial charge in [0, 0.05) is 5.92 Å². The highest BCUT2D eigenvalue weighted by Gasteiger charge is 2.37. The third-order valence-electron chi connectivity index (χ3n) is 5.42. The first kappa shape index (κ1) is 17.0. The average Bonchev–Trinajstić information content (AvgIpc) is 3.43. The zero-order valence-electron chi connectivity index (χ0n) is 15.4. The summed E-state index contributed by atoms with van der Waals surface area (Å²) in [5.41, 5.74) is 2.06. The molecule has 0 saturated carbocycles. The van der Waals surface area contributed by atoms with E-state index in [9.17, 15) is 4.79 Å². The van der Waals surface area contributed by atoms with E-state index in [-0.39, 0.29) is 31.4 Å². The van der Waals surface area contributed by atoms with Crippen molar-refractivity contribution in [2.24, 2.45) is 11.8 Å². The van der Waals surface area contributed by atoms with Crippen molar-refractivity contribution >= 4 is 5.97 Å². The molecule has 0 unspecified atom stereocenters. The summed E-state index contributed by atoms with van der Waals surface area (Å²) in [5, 5.41) is 0. The summed E-state index contributed by atoms with van der Waals surface area (Å²) in [4.78, 5) is 12.4. The second-order valence-electron chi connectivity index (χ2n) is 7.12. The monoisotopic (exact) mass is 384 g/mol. The summed E-state index contributed by atoms with van der Waals surface area (Å²) in [6.45, 7) is 0.839. The Morgan fingerprint density at radius 3 is 2.57 bits per heavy atom. The molecule has 0 spiro atoms. The highest BCUT2D eigenvalue weighted by atomic mass is 16.7. The van der Waals surface area contributed by atoms with Gasteiger partial charge in [-0.1, -0.05) is 6.07 Å². The number of hydrogen-bond acceptors (Lipinski definition) is 7. The Kier molecular flexibility index (Phi) is 4.15. The topological polar surface area (TPSA) is 72.5 Å². The normalized spacial score (nSPS) is 21.7. The van der Waals surface area contributed by atoms with Gasteiger partial charge in [0.2, 0.25) is 19.3 Å². The molecule has 28 heavy (non-hydrogen) atoms. The van der Waals surface area contributed by atoms with Crippen LogP contribution in [0.15, 0.2) is 30.3 Å². The lowest BCUT2D eigenvalue weighted by molar-refractivity contribution is -0.141. The fourth-order valence-corrected chi connectivity index (χ4v) is 3.98. The first-order chi connectivity index (χ1) is 13.7. The summed E-state index contributed by atoms with van der Waals surface area (Å²) in [7, 11) is 1.59. The maximum absolute atomic E-state index is 12.4. The van der Waals surface area contributed by atoms with Crippen LogP contribution in [0, 0.1) is 11.8 Å². The van der Waals surface area contributed by atoms with Gasteiger partial charge in [-0.25, -0.2) is 0 Å². The van der Waals surface area contributed by atoms with Gasteiger partial charge in [-0.05, 0) is 48.2 Å². The summed E-state index contributed by atoms with van der Waals surface area (Å²) in [5.74, 6) is 3.07. The van der Waals surface area contributed by atoms with Crippen molar-refractivity contribution in [3.05, 3.63) is 41.5 Å². The largest absolute Gasteiger partial charge is 0.493 e. The van der Waals surface area contributed by atoms with Crippen LogP contribution in [-0.4, -0.2) is 33.3 Å². The molecule has 7 nitrogen and oxygen atoms in total. The van der Waals surface area contributed by atoms with Crippen molar-refractivity contribution in [2.75, 3.05) is 27.3 Å². The average molecular weight is 384 g/mol. The summed E-state index contributed by atoms with van der Waals surface area (Å²) in [6, 6.07) is 9.71. The van der Waals surface area contributed by atoms with Crippen LogP contribution in [-0.2, 0) is 22.4 Å². The maximum atomic E-state index is 12.4. The molecule has 2 aromatic rings. The van der Waals surface area contributed by atoms with E-state index in [0.29, 0.717) is 30.3 Å². The van der Waals surface area contributed by atoms with Crippen molar-refractivity contribution in [3.63, 3.8) is 0 Å². The second kappa shape index (κ2) is 6.82. The number of benzene rings is 2. The molecule has 2 atom stereocenters. The van der Waals surface area contributed by atoms with E-state index in [2.05, 4.69) is 0 Å². The standard InChI is InChI=1S/C21H20O7/c1-23-18-7-13(8-19-20(18)28-11-27-19)5-15-14(9-24-21(15)22)4-12-2-3-16-17(6-12)26-10-25-16/h2-3,6-8,14-15H,4-5,9-11H2,1H3/t14-,15+/m1/s1. The van der Waals surface area contributed by atoms with Gasteiger partial charge in [0.25, 0.3) is 0 Å². The van der Waals surface area contributed by atoms with Crippen LogP contribution in [0.4, 0.5) is 0 Å². The Labute approximate surface area is 162 Å². The summed E-state index contributed by atoms with van der Waals surface area (Å²) >= 11 is 0. The fourth-order valence-electron chi connectivity index (χ4n) is 3.98. The van der Waals surface area contributed by atoms with E-state index >= 15 is 0 Å². The molecule has 0 amide bonds. The predicted octanol–water partition coefficient (Wildman–Crippen LogP) is 2.73. The van der Waals surface area contributed by atoms with Gasteiger partial charge >= 0.3 is 5.97 Å². The van der Waals surface area contributed by atoms with E-state index in [1.165, 1.54) is 0 Å². The number of rotatable bonds is 5. The van der Waals surface area contributed by atoms with Gasteiger partial charge in [0.1, 0.15) is 0 Å². The Balaban J connectivity index is 1.36. The Bertz CT molecular complexity index is 923. The van der Waals surface area contributed by atoms with Crippen LogP contribution in [0.2, 0.25) is 0 Å². The number of esters is 1. The number of fused-ring (bicyclic) bond motifs is 2. The number of methoxy groups -OCH3 is 1. The lowest BCUT2D eigenvalue weighted by atomic mass is 9.85. The van der Waals surface area contributed by atoms with Gasteiger partial charge in [-0.15, -0.1) is 0 Å². The first-order valence-electron chi connectivity index (χ1n) is 9.23. The third-order valence-corrected chi connectivity index (χ3v) is 5.42. The molecule has 3 aliphatic heterocycles. The molecule has 3 heterocycles. The zero-order valence-corrected chi connectivity index (χ0v) is 15.4. The Morgan fingerprint density at radius 1 is 0.893 bits per heavy atom. The van der Waals surface area contributed by atoms with E-state index in [1.807, 2.05) is 30.3 Å². The van der Waals surface area contributed by atoms with Crippen LogP contribution in [0.3, 0.4) is 0 Å². The minimum absolute atomic E-state index is 0.0873. The minimum atomic E-state index is -0.226. The molecule has 0 bridgehead atoms. The third kappa shape index (κ3) is 2.96. The van der Waals surface area contributed by atoms with Crippen molar-refractivity contribution in [1.82, 2.24) is 0 Å². The molecule has 0 aliphatic carbocycles. The minimum Gasteiger partial charge on any atom is -0.493 e. The summed E-state index contributed by atoms with van der Waals surface area (Å²) < 4.78 is 32.5. The lowest BCUT2D eigenvalue weighted by Gasteiger charge is -2.16. The van der Waals surface area contributed by atoms with Gasteiger partial charge in [0.15, 0.2) is 23.0 Å². The molecule has 146 valence electrons. The molecule has 0 aromatic heterocycles.